The Bertz CT molecular complexity index is 961. The van der Waals surface area contributed by atoms with Crippen LogP contribution in [0.3, 0.4) is 0 Å². The Balaban J connectivity index is 1.67. The zero-order valence-corrected chi connectivity index (χ0v) is 18.0. The third-order valence-corrected chi connectivity index (χ3v) is 7.30. The van der Waals surface area contributed by atoms with E-state index in [1.54, 1.807) is 54.2 Å². The number of ether oxygens (including phenoxy) is 1. The zero-order chi connectivity index (χ0) is 21.0. The van der Waals surface area contributed by atoms with Gasteiger partial charge in [0.2, 0.25) is 15.9 Å². The molecule has 1 aromatic carbocycles. The number of hydrogen-bond donors (Lipinski definition) is 1. The van der Waals surface area contributed by atoms with E-state index in [1.165, 1.54) is 0 Å². The molecule has 2 heterocycles. The van der Waals surface area contributed by atoms with Gasteiger partial charge in [0.05, 0.1) is 25.0 Å². The molecule has 1 N–H and O–H groups in total. The van der Waals surface area contributed by atoms with Gasteiger partial charge in [0.1, 0.15) is 10.6 Å². The van der Waals surface area contributed by atoms with Gasteiger partial charge in [-0.3, -0.25) is 9.48 Å². The number of rotatable bonds is 7. The predicted octanol–water partition coefficient (Wildman–Crippen LogP) is 2.71. The van der Waals surface area contributed by atoms with Gasteiger partial charge in [-0.15, -0.1) is 0 Å². The van der Waals surface area contributed by atoms with E-state index >= 15 is 0 Å². The van der Waals surface area contributed by atoms with Gasteiger partial charge in [0, 0.05) is 25.2 Å². The number of carbonyl (C=O) groups is 1. The third kappa shape index (κ3) is 4.79. The van der Waals surface area contributed by atoms with Crippen LogP contribution in [0.25, 0.3) is 0 Å². The summed E-state index contributed by atoms with van der Waals surface area (Å²) in [6, 6.07) is 7.08. The normalized spacial score (nSPS) is 15.3. The minimum Gasteiger partial charge on any atom is -0.497 e. The highest BCUT2D eigenvalue weighted by molar-refractivity contribution is 7.89. The van der Waals surface area contributed by atoms with Crippen LogP contribution >= 0.6 is 0 Å². The number of benzene rings is 1. The van der Waals surface area contributed by atoms with Crippen LogP contribution in [-0.4, -0.2) is 48.6 Å². The number of sulfonamides is 1. The van der Waals surface area contributed by atoms with Crippen molar-refractivity contribution in [3.8, 4) is 5.75 Å². The van der Waals surface area contributed by atoms with Crippen molar-refractivity contribution < 1.29 is 17.9 Å². The highest BCUT2D eigenvalue weighted by Crippen LogP contribution is 2.26. The number of piperidine rings is 1. The van der Waals surface area contributed by atoms with Gasteiger partial charge >= 0.3 is 0 Å². The van der Waals surface area contributed by atoms with Crippen molar-refractivity contribution in [3.05, 3.63) is 35.7 Å². The summed E-state index contributed by atoms with van der Waals surface area (Å²) in [4.78, 5) is 12.6. The minimum absolute atomic E-state index is 0.164. The molecule has 1 aromatic heterocycles. The second-order valence-electron chi connectivity index (χ2n) is 7.21. The summed E-state index contributed by atoms with van der Waals surface area (Å²) in [6.45, 7) is 4.87. The minimum atomic E-state index is -3.56. The molecule has 1 aliphatic rings. The molecule has 9 heteroatoms. The van der Waals surface area contributed by atoms with E-state index in [9.17, 15) is 13.2 Å². The summed E-state index contributed by atoms with van der Waals surface area (Å²) in [5.74, 6) is 0.552. The number of nitrogens with one attached hydrogen (secondary N) is 1. The molecular weight excluding hydrogens is 392 g/mol. The molecule has 8 nitrogen and oxygen atoms in total. The van der Waals surface area contributed by atoms with Crippen molar-refractivity contribution in [2.24, 2.45) is 0 Å². The first-order valence-electron chi connectivity index (χ1n) is 9.81. The lowest BCUT2D eigenvalue weighted by Crippen LogP contribution is -2.36. The Morgan fingerprint density at radius 1 is 1.14 bits per heavy atom. The van der Waals surface area contributed by atoms with Crippen LogP contribution < -0.4 is 10.1 Å². The van der Waals surface area contributed by atoms with Gasteiger partial charge in [0.25, 0.3) is 0 Å². The SMILES string of the molecule is COc1ccc(NC(=O)CCn2nc(C)c(S(=O)(=O)N3CCCCC3)c2C)cc1. The van der Waals surface area contributed by atoms with Crippen molar-refractivity contribution in [2.75, 3.05) is 25.5 Å². The number of anilines is 1. The van der Waals surface area contributed by atoms with E-state index in [4.69, 9.17) is 4.74 Å². The van der Waals surface area contributed by atoms with E-state index in [2.05, 4.69) is 10.4 Å². The maximum absolute atomic E-state index is 13.1. The molecule has 0 radical (unpaired) electrons. The Kier molecular flexibility index (Phi) is 6.59. The number of aryl methyl sites for hydroxylation is 2. The first-order valence-corrected chi connectivity index (χ1v) is 11.2. The molecule has 1 fully saturated rings. The standard InChI is InChI=1S/C20H28N4O4S/c1-15-20(29(26,27)23-12-5-4-6-13-23)16(2)24(22-15)14-11-19(25)21-17-7-9-18(28-3)10-8-17/h7-10H,4-6,11-14H2,1-3H3,(H,21,25). The number of carbonyl (C=O) groups excluding carboxylic acids is 1. The van der Waals surface area contributed by atoms with Crippen molar-refractivity contribution in [1.29, 1.82) is 0 Å². The van der Waals surface area contributed by atoms with Crippen molar-refractivity contribution in [1.82, 2.24) is 14.1 Å². The van der Waals surface area contributed by atoms with Crippen LogP contribution in [0.2, 0.25) is 0 Å². The molecule has 0 bridgehead atoms. The lowest BCUT2D eigenvalue weighted by molar-refractivity contribution is -0.116. The van der Waals surface area contributed by atoms with E-state index in [0.29, 0.717) is 42.5 Å². The summed E-state index contributed by atoms with van der Waals surface area (Å²) in [5.41, 5.74) is 1.73. The van der Waals surface area contributed by atoms with E-state index in [0.717, 1.165) is 19.3 Å². The molecule has 1 saturated heterocycles. The Morgan fingerprint density at radius 3 is 2.41 bits per heavy atom. The molecule has 158 valence electrons. The van der Waals surface area contributed by atoms with Crippen molar-refractivity contribution in [2.45, 2.75) is 51.0 Å². The second-order valence-corrected chi connectivity index (χ2v) is 9.09. The van der Waals surface area contributed by atoms with Crippen LogP contribution in [0.15, 0.2) is 29.2 Å². The molecule has 1 amide bonds. The fraction of sp³-hybridized carbons (Fsp3) is 0.500. The molecule has 1 aliphatic heterocycles. The monoisotopic (exact) mass is 420 g/mol. The maximum atomic E-state index is 13.1. The number of nitrogens with zero attached hydrogens (tertiary/aromatic N) is 3. The van der Waals surface area contributed by atoms with Crippen molar-refractivity contribution >= 4 is 21.6 Å². The third-order valence-electron chi connectivity index (χ3n) is 5.15. The van der Waals surface area contributed by atoms with Crippen LogP contribution in [0.4, 0.5) is 5.69 Å². The Labute approximate surface area is 171 Å². The molecule has 0 saturated carbocycles. The summed E-state index contributed by atoms with van der Waals surface area (Å²) in [6.07, 6.45) is 3.03. The Hall–Kier alpha value is -2.39. The predicted molar refractivity (Wildman–Crippen MR) is 111 cm³/mol. The smallest absolute Gasteiger partial charge is 0.246 e. The average Bonchev–Trinajstić information content (AvgIpc) is 3.01. The van der Waals surface area contributed by atoms with Crippen LogP contribution in [0.1, 0.15) is 37.1 Å². The van der Waals surface area contributed by atoms with Crippen molar-refractivity contribution in [3.63, 3.8) is 0 Å². The van der Waals surface area contributed by atoms with E-state index < -0.39 is 10.0 Å². The highest BCUT2D eigenvalue weighted by Gasteiger charge is 2.31. The first-order chi connectivity index (χ1) is 13.8. The summed E-state index contributed by atoms with van der Waals surface area (Å²) in [7, 11) is -1.97. The first kappa shape index (κ1) is 21.3. The van der Waals surface area contributed by atoms with E-state index in [-0.39, 0.29) is 17.2 Å². The van der Waals surface area contributed by atoms with E-state index in [1.807, 2.05) is 0 Å². The topological polar surface area (TPSA) is 93.5 Å². The summed E-state index contributed by atoms with van der Waals surface area (Å²) in [5, 5.41) is 7.21. The van der Waals surface area contributed by atoms with Gasteiger partial charge in [-0.2, -0.15) is 9.40 Å². The average molecular weight is 421 g/mol. The molecule has 2 aromatic rings. The lowest BCUT2D eigenvalue weighted by Gasteiger charge is -2.26. The molecule has 29 heavy (non-hydrogen) atoms. The number of amides is 1. The largest absolute Gasteiger partial charge is 0.497 e. The molecule has 3 rings (SSSR count). The maximum Gasteiger partial charge on any atom is 0.246 e. The van der Waals surface area contributed by atoms with Gasteiger partial charge in [-0.1, -0.05) is 6.42 Å². The quantitative estimate of drug-likeness (QED) is 0.743. The molecular formula is C20H28N4O4S. The fourth-order valence-electron chi connectivity index (χ4n) is 3.61. The number of aromatic nitrogens is 2. The van der Waals surface area contributed by atoms with Gasteiger partial charge in [-0.25, -0.2) is 8.42 Å². The Morgan fingerprint density at radius 2 is 1.79 bits per heavy atom. The fourth-order valence-corrected chi connectivity index (χ4v) is 5.50. The molecule has 0 unspecified atom stereocenters. The lowest BCUT2D eigenvalue weighted by atomic mass is 10.2. The summed E-state index contributed by atoms with van der Waals surface area (Å²) < 4.78 is 34.4. The molecule has 0 aliphatic carbocycles. The van der Waals surface area contributed by atoms with Gasteiger partial charge < -0.3 is 10.1 Å². The second kappa shape index (κ2) is 8.96. The zero-order valence-electron chi connectivity index (χ0n) is 17.1. The van der Waals surface area contributed by atoms with Crippen LogP contribution in [0, 0.1) is 13.8 Å². The van der Waals surface area contributed by atoms with Crippen LogP contribution in [-0.2, 0) is 21.4 Å². The number of methoxy groups -OCH3 is 1. The highest BCUT2D eigenvalue weighted by atomic mass is 32.2. The van der Waals surface area contributed by atoms with Gasteiger partial charge in [0.15, 0.2) is 0 Å². The number of hydrogen-bond acceptors (Lipinski definition) is 5. The van der Waals surface area contributed by atoms with Gasteiger partial charge in [-0.05, 0) is 51.0 Å². The summed E-state index contributed by atoms with van der Waals surface area (Å²) >= 11 is 0. The van der Waals surface area contributed by atoms with Crippen LogP contribution in [0.5, 0.6) is 5.75 Å². The molecule has 0 spiro atoms. The molecule has 0 atom stereocenters.